The minimum atomic E-state index is -0.635. The van der Waals surface area contributed by atoms with Crippen LogP contribution in [-0.2, 0) is 34.3 Å². The van der Waals surface area contributed by atoms with Crippen LogP contribution in [0.1, 0.15) is 69.1 Å². The molecule has 0 N–H and O–H groups in total. The molecule has 2 heterocycles. The van der Waals surface area contributed by atoms with Crippen LogP contribution in [0.25, 0.3) is 11.1 Å². The molecule has 1 saturated carbocycles. The highest BCUT2D eigenvalue weighted by atomic mass is 16.6. The number of hydrogen-bond donors (Lipinski definition) is 0. The number of carbonyl (C=O) groups excluding carboxylic acids is 2. The van der Waals surface area contributed by atoms with Crippen LogP contribution in [0.2, 0.25) is 0 Å². The van der Waals surface area contributed by atoms with Crippen LogP contribution in [0.5, 0.6) is 0 Å². The summed E-state index contributed by atoms with van der Waals surface area (Å²) in [5.41, 5.74) is 4.70. The van der Waals surface area contributed by atoms with E-state index in [2.05, 4.69) is 30.3 Å². The molecule has 2 amide bonds. The number of nitrogens with zero attached hydrogens (tertiary/aromatic N) is 3. The first-order chi connectivity index (χ1) is 21.5. The average molecular weight is 614 g/mol. The van der Waals surface area contributed by atoms with Crippen molar-refractivity contribution in [3.63, 3.8) is 0 Å². The molecule has 240 valence electrons. The van der Waals surface area contributed by atoms with Crippen molar-refractivity contribution in [3.05, 3.63) is 93.9 Å². The Morgan fingerprint density at radius 2 is 1.69 bits per heavy atom. The normalized spacial score (nSPS) is 18.5. The van der Waals surface area contributed by atoms with Gasteiger partial charge in [-0.2, -0.15) is 0 Å². The van der Waals surface area contributed by atoms with Crippen LogP contribution < -0.4 is 5.56 Å². The van der Waals surface area contributed by atoms with Gasteiger partial charge in [-0.15, -0.1) is 0 Å². The number of carbonyl (C=O) groups is 2. The molecular weight excluding hydrogens is 566 g/mol. The highest BCUT2D eigenvalue weighted by molar-refractivity contribution is 5.82. The summed E-state index contributed by atoms with van der Waals surface area (Å²) >= 11 is 0. The molecule has 0 bridgehead atoms. The van der Waals surface area contributed by atoms with Crippen molar-refractivity contribution in [1.82, 2.24) is 14.4 Å². The van der Waals surface area contributed by atoms with Crippen molar-refractivity contribution in [2.45, 2.75) is 77.0 Å². The van der Waals surface area contributed by atoms with Crippen molar-refractivity contribution < 1.29 is 19.1 Å². The smallest absolute Gasteiger partial charge is 0.410 e. The Morgan fingerprint density at radius 3 is 2.36 bits per heavy atom. The van der Waals surface area contributed by atoms with E-state index in [0.717, 1.165) is 47.9 Å². The third kappa shape index (κ3) is 8.42. The fraction of sp³-hybridized carbons (Fsp3) is 0.486. The van der Waals surface area contributed by atoms with E-state index in [-0.39, 0.29) is 30.0 Å². The lowest BCUT2D eigenvalue weighted by atomic mass is 9.79. The standard InChI is InChI=1S/C37H47N3O5/c1-37(2,3)45-36(43)39-18-16-32(29-15-17-38(4)34(41)23-29)33(25-39)35(42)40(31-13-14-31)24-27-20-26(10-9-19-44-5)21-30(22-27)28-11-7-6-8-12-28/h6-8,11-12,15,17,20-23,31-33H,9-10,13-14,16,18-19,24-25H2,1-5H3. The van der Waals surface area contributed by atoms with E-state index >= 15 is 0 Å². The van der Waals surface area contributed by atoms with E-state index in [1.54, 1.807) is 31.3 Å². The largest absolute Gasteiger partial charge is 0.444 e. The van der Waals surface area contributed by atoms with Crippen LogP contribution in [0.3, 0.4) is 0 Å². The summed E-state index contributed by atoms with van der Waals surface area (Å²) in [7, 11) is 3.45. The van der Waals surface area contributed by atoms with Crippen molar-refractivity contribution in [3.8, 4) is 11.1 Å². The Morgan fingerprint density at radius 1 is 0.956 bits per heavy atom. The lowest BCUT2D eigenvalue weighted by Crippen LogP contribution is -2.51. The number of aromatic nitrogens is 1. The Bertz CT molecular complexity index is 1540. The zero-order chi connectivity index (χ0) is 32.1. The molecule has 2 unspecified atom stereocenters. The second-order valence-electron chi connectivity index (χ2n) is 13.5. The van der Waals surface area contributed by atoms with Gasteiger partial charge >= 0.3 is 6.09 Å². The molecule has 1 aliphatic carbocycles. The quantitative estimate of drug-likeness (QED) is 0.256. The molecule has 0 spiro atoms. The van der Waals surface area contributed by atoms with Crippen molar-refractivity contribution in [1.29, 1.82) is 0 Å². The van der Waals surface area contributed by atoms with Gasteiger partial charge in [0.15, 0.2) is 0 Å². The number of piperidine rings is 1. The molecule has 2 atom stereocenters. The topological polar surface area (TPSA) is 81.1 Å². The predicted molar refractivity (Wildman–Crippen MR) is 176 cm³/mol. The first kappa shape index (κ1) is 32.5. The van der Waals surface area contributed by atoms with E-state index < -0.39 is 17.6 Å². The molecule has 3 aromatic rings. The Labute approximate surface area is 266 Å². The van der Waals surface area contributed by atoms with Gasteiger partial charge in [-0.05, 0) is 98.7 Å². The predicted octanol–water partition coefficient (Wildman–Crippen LogP) is 6.16. The number of rotatable bonds is 10. The second kappa shape index (κ2) is 14.0. The molecule has 8 heteroatoms. The summed E-state index contributed by atoms with van der Waals surface area (Å²) in [6.45, 7) is 7.45. The third-order valence-electron chi connectivity index (χ3n) is 8.74. The Kier molecular flexibility index (Phi) is 10.1. The molecule has 45 heavy (non-hydrogen) atoms. The van der Waals surface area contributed by atoms with E-state index in [1.807, 2.05) is 49.9 Å². The maximum atomic E-state index is 14.7. The van der Waals surface area contributed by atoms with Gasteiger partial charge in [0.25, 0.3) is 5.56 Å². The van der Waals surface area contributed by atoms with Gasteiger partial charge in [0.2, 0.25) is 5.91 Å². The molecule has 0 radical (unpaired) electrons. The van der Waals surface area contributed by atoms with E-state index in [4.69, 9.17) is 9.47 Å². The number of pyridine rings is 1. The number of benzene rings is 2. The summed E-state index contributed by atoms with van der Waals surface area (Å²) in [6.07, 6.45) is 5.66. The lowest BCUT2D eigenvalue weighted by Gasteiger charge is -2.40. The van der Waals surface area contributed by atoms with Gasteiger partial charge in [0.1, 0.15) is 5.60 Å². The highest BCUT2D eigenvalue weighted by Crippen LogP contribution is 2.38. The zero-order valence-corrected chi connectivity index (χ0v) is 27.3. The van der Waals surface area contributed by atoms with Crippen molar-refractivity contribution in [2.24, 2.45) is 13.0 Å². The van der Waals surface area contributed by atoms with Gasteiger partial charge in [-0.1, -0.05) is 42.5 Å². The Hall–Kier alpha value is -3.91. The van der Waals surface area contributed by atoms with Gasteiger partial charge < -0.3 is 23.8 Å². The Balaban J connectivity index is 1.46. The first-order valence-electron chi connectivity index (χ1n) is 16.1. The summed E-state index contributed by atoms with van der Waals surface area (Å²) in [5.74, 6) is -0.633. The maximum Gasteiger partial charge on any atom is 0.410 e. The third-order valence-corrected chi connectivity index (χ3v) is 8.74. The summed E-state index contributed by atoms with van der Waals surface area (Å²) < 4.78 is 12.6. The van der Waals surface area contributed by atoms with Crippen LogP contribution in [0.4, 0.5) is 4.79 Å². The van der Waals surface area contributed by atoms with Gasteiger partial charge in [0.05, 0.1) is 5.92 Å². The molecule has 2 fully saturated rings. The monoisotopic (exact) mass is 613 g/mol. The first-order valence-corrected chi connectivity index (χ1v) is 16.1. The fourth-order valence-corrected chi connectivity index (χ4v) is 6.29. The number of aryl methyl sites for hydroxylation is 2. The lowest BCUT2D eigenvalue weighted by molar-refractivity contribution is -0.139. The number of amides is 2. The molecule has 5 rings (SSSR count). The average Bonchev–Trinajstić information content (AvgIpc) is 3.86. The fourth-order valence-electron chi connectivity index (χ4n) is 6.29. The number of methoxy groups -OCH3 is 1. The molecule has 1 aliphatic heterocycles. The van der Waals surface area contributed by atoms with E-state index in [1.165, 1.54) is 10.1 Å². The van der Waals surface area contributed by atoms with Crippen molar-refractivity contribution >= 4 is 12.0 Å². The second-order valence-corrected chi connectivity index (χ2v) is 13.5. The van der Waals surface area contributed by atoms with Crippen LogP contribution >= 0.6 is 0 Å². The van der Waals surface area contributed by atoms with E-state index in [9.17, 15) is 14.4 Å². The van der Waals surface area contributed by atoms with Gasteiger partial charge in [-0.25, -0.2) is 4.79 Å². The van der Waals surface area contributed by atoms with Crippen LogP contribution in [0.15, 0.2) is 71.7 Å². The van der Waals surface area contributed by atoms with Gasteiger partial charge in [-0.3, -0.25) is 9.59 Å². The highest BCUT2D eigenvalue weighted by Gasteiger charge is 2.43. The minimum absolute atomic E-state index is 0.0301. The zero-order valence-electron chi connectivity index (χ0n) is 27.3. The minimum Gasteiger partial charge on any atom is -0.444 e. The van der Waals surface area contributed by atoms with E-state index in [0.29, 0.717) is 26.1 Å². The van der Waals surface area contributed by atoms with Gasteiger partial charge in [0, 0.05) is 58.7 Å². The molecule has 8 nitrogen and oxygen atoms in total. The molecule has 2 aliphatic rings. The van der Waals surface area contributed by atoms with Crippen molar-refractivity contribution in [2.75, 3.05) is 26.8 Å². The van der Waals surface area contributed by atoms with Crippen LogP contribution in [0, 0.1) is 5.92 Å². The molecule has 1 aromatic heterocycles. The number of likely N-dealkylation sites (tertiary alicyclic amines) is 1. The SMILES string of the molecule is COCCCc1cc(CN(C(=O)C2CN(C(=O)OC(C)(C)C)CCC2c2ccn(C)c(=O)c2)C2CC2)cc(-c2ccccc2)c1. The molecular formula is C37H47N3O5. The maximum absolute atomic E-state index is 14.7. The molecule has 2 aromatic carbocycles. The number of hydrogen-bond acceptors (Lipinski definition) is 5. The summed E-state index contributed by atoms with van der Waals surface area (Å²) in [6, 6.07) is 20.7. The number of ether oxygens (including phenoxy) is 2. The molecule has 1 saturated heterocycles. The summed E-state index contributed by atoms with van der Waals surface area (Å²) in [5, 5.41) is 0. The summed E-state index contributed by atoms with van der Waals surface area (Å²) in [4.78, 5) is 44.2. The van der Waals surface area contributed by atoms with Crippen LogP contribution in [-0.4, -0.2) is 64.8 Å².